The van der Waals surface area contributed by atoms with E-state index in [0.29, 0.717) is 18.2 Å². The van der Waals surface area contributed by atoms with Crippen LogP contribution in [0.15, 0.2) is 0 Å². The van der Waals surface area contributed by atoms with E-state index in [2.05, 4.69) is 12.2 Å². The van der Waals surface area contributed by atoms with Gasteiger partial charge in [0, 0.05) is 6.54 Å². The van der Waals surface area contributed by atoms with Gasteiger partial charge in [-0.3, -0.25) is 0 Å². The fourth-order valence-corrected chi connectivity index (χ4v) is 1.42. The van der Waals surface area contributed by atoms with Crippen LogP contribution in [-0.2, 0) is 9.47 Å². The largest absolute Gasteiger partial charge is 0.378 e. The number of ether oxygens (including phenoxy) is 2. The molecule has 0 aromatic carbocycles. The molecule has 10 heavy (non-hydrogen) atoms. The topological polar surface area (TPSA) is 33.8 Å². The Morgan fingerprint density at radius 2 is 2.30 bits per heavy atom. The zero-order chi connectivity index (χ0) is 6.97. The summed E-state index contributed by atoms with van der Waals surface area (Å²) in [5.41, 5.74) is 0. The summed E-state index contributed by atoms with van der Waals surface area (Å²) in [5, 5.41) is 3.36. The Labute approximate surface area is 60.7 Å². The van der Waals surface area contributed by atoms with Gasteiger partial charge in [0.15, 0.2) is 0 Å². The van der Waals surface area contributed by atoms with E-state index in [1.807, 2.05) is 0 Å². The van der Waals surface area contributed by atoms with Crippen LogP contribution >= 0.6 is 0 Å². The van der Waals surface area contributed by atoms with Gasteiger partial charge in [-0.05, 0) is 6.92 Å². The summed E-state index contributed by atoms with van der Waals surface area (Å²) in [6.45, 7) is 4.73. The van der Waals surface area contributed by atoms with E-state index in [1.54, 1.807) is 0 Å². The first-order valence-electron chi connectivity index (χ1n) is 3.84. The minimum absolute atomic E-state index is 0.417. The van der Waals surface area contributed by atoms with Gasteiger partial charge in [0.2, 0.25) is 0 Å². The van der Waals surface area contributed by atoms with Gasteiger partial charge in [-0.15, -0.1) is 0 Å². The fourth-order valence-electron chi connectivity index (χ4n) is 1.42. The third-order valence-electron chi connectivity index (χ3n) is 2.10. The van der Waals surface area contributed by atoms with Crippen molar-refractivity contribution >= 4 is 0 Å². The molecular weight excluding hydrogens is 130 g/mol. The summed E-state index contributed by atoms with van der Waals surface area (Å²) in [7, 11) is 0. The van der Waals surface area contributed by atoms with E-state index < -0.39 is 0 Å². The van der Waals surface area contributed by atoms with Gasteiger partial charge in [0.1, 0.15) is 6.10 Å². The van der Waals surface area contributed by atoms with Crippen LogP contribution in [0.5, 0.6) is 0 Å². The molecule has 2 aliphatic rings. The number of hydrogen-bond donors (Lipinski definition) is 1. The highest BCUT2D eigenvalue weighted by Gasteiger charge is 2.41. The molecule has 0 saturated carbocycles. The van der Waals surface area contributed by atoms with Crippen molar-refractivity contribution in [3.63, 3.8) is 0 Å². The molecule has 0 radical (unpaired) electrons. The van der Waals surface area contributed by atoms with Gasteiger partial charge in [-0.25, -0.2) is 0 Å². The van der Waals surface area contributed by atoms with Gasteiger partial charge < -0.3 is 14.8 Å². The summed E-state index contributed by atoms with van der Waals surface area (Å²) < 4.78 is 10.6. The van der Waals surface area contributed by atoms with Crippen LogP contribution in [0.25, 0.3) is 0 Å². The Bertz CT molecular complexity index is 123. The maximum atomic E-state index is 5.31. The first kappa shape index (κ1) is 6.58. The van der Waals surface area contributed by atoms with Gasteiger partial charge >= 0.3 is 0 Å². The highest BCUT2D eigenvalue weighted by molar-refractivity contribution is 4.92. The van der Waals surface area contributed by atoms with Crippen LogP contribution in [0, 0.1) is 0 Å². The lowest BCUT2D eigenvalue weighted by atomic mass is 10.1. The van der Waals surface area contributed by atoms with Gasteiger partial charge in [-0.1, -0.05) is 0 Å². The SMILES string of the molecule is CC1OC1C1COCCN1. The van der Waals surface area contributed by atoms with Crippen LogP contribution < -0.4 is 5.32 Å². The number of hydrogen-bond acceptors (Lipinski definition) is 3. The maximum Gasteiger partial charge on any atom is 0.101 e. The Morgan fingerprint density at radius 1 is 1.50 bits per heavy atom. The molecule has 3 heteroatoms. The Morgan fingerprint density at radius 3 is 2.80 bits per heavy atom. The van der Waals surface area contributed by atoms with E-state index >= 15 is 0 Å². The molecule has 0 aliphatic carbocycles. The summed E-state index contributed by atoms with van der Waals surface area (Å²) in [4.78, 5) is 0. The Balaban J connectivity index is 1.81. The summed E-state index contributed by atoms with van der Waals surface area (Å²) in [6.07, 6.45) is 0.861. The molecule has 0 aromatic rings. The number of epoxide rings is 1. The zero-order valence-electron chi connectivity index (χ0n) is 6.17. The van der Waals surface area contributed by atoms with Gasteiger partial charge in [0.05, 0.1) is 25.4 Å². The van der Waals surface area contributed by atoms with Crippen molar-refractivity contribution in [2.75, 3.05) is 19.8 Å². The molecule has 2 fully saturated rings. The molecule has 2 rings (SSSR count). The van der Waals surface area contributed by atoms with Gasteiger partial charge in [0.25, 0.3) is 0 Å². The maximum absolute atomic E-state index is 5.31. The normalized spacial score (nSPS) is 47.1. The van der Waals surface area contributed by atoms with Crippen LogP contribution in [0.2, 0.25) is 0 Å². The van der Waals surface area contributed by atoms with Crippen LogP contribution in [0.3, 0.4) is 0 Å². The second-order valence-corrected chi connectivity index (χ2v) is 2.94. The van der Waals surface area contributed by atoms with E-state index in [4.69, 9.17) is 9.47 Å². The quantitative estimate of drug-likeness (QED) is 0.514. The third kappa shape index (κ3) is 1.17. The molecule has 3 unspecified atom stereocenters. The standard InChI is InChI=1S/C7H13NO2/c1-5-7(10-5)6-4-9-3-2-8-6/h5-8H,2-4H2,1H3. The lowest BCUT2D eigenvalue weighted by Crippen LogP contribution is -2.45. The van der Waals surface area contributed by atoms with Crippen molar-refractivity contribution in [3.8, 4) is 0 Å². The van der Waals surface area contributed by atoms with Crippen molar-refractivity contribution in [2.45, 2.75) is 25.2 Å². The number of nitrogens with one attached hydrogen (secondary N) is 1. The first-order valence-corrected chi connectivity index (χ1v) is 3.84. The molecule has 0 aromatic heterocycles. The van der Waals surface area contributed by atoms with E-state index in [1.165, 1.54) is 0 Å². The molecule has 58 valence electrons. The predicted molar refractivity (Wildman–Crippen MR) is 36.9 cm³/mol. The highest BCUT2D eigenvalue weighted by atomic mass is 16.6. The molecular formula is C7H13NO2. The van der Waals surface area contributed by atoms with Crippen molar-refractivity contribution in [1.82, 2.24) is 5.32 Å². The molecule has 2 saturated heterocycles. The van der Waals surface area contributed by atoms with Crippen molar-refractivity contribution in [2.24, 2.45) is 0 Å². The molecule has 2 heterocycles. The molecule has 3 atom stereocenters. The fraction of sp³-hybridized carbons (Fsp3) is 1.00. The Kier molecular flexibility index (Phi) is 1.64. The molecule has 1 N–H and O–H groups in total. The average molecular weight is 143 g/mol. The van der Waals surface area contributed by atoms with E-state index in [9.17, 15) is 0 Å². The number of rotatable bonds is 1. The second kappa shape index (κ2) is 2.49. The monoisotopic (exact) mass is 143 g/mol. The van der Waals surface area contributed by atoms with Crippen LogP contribution in [0.4, 0.5) is 0 Å². The van der Waals surface area contributed by atoms with E-state index in [-0.39, 0.29) is 0 Å². The third-order valence-corrected chi connectivity index (χ3v) is 2.10. The minimum Gasteiger partial charge on any atom is -0.378 e. The molecule has 2 aliphatic heterocycles. The second-order valence-electron chi connectivity index (χ2n) is 2.94. The predicted octanol–water partition coefficient (Wildman–Crippen LogP) is -0.238. The molecule has 0 amide bonds. The van der Waals surface area contributed by atoms with Crippen molar-refractivity contribution < 1.29 is 9.47 Å². The minimum atomic E-state index is 0.417. The van der Waals surface area contributed by atoms with E-state index in [0.717, 1.165) is 19.8 Å². The lowest BCUT2D eigenvalue weighted by molar-refractivity contribution is 0.0671. The van der Waals surface area contributed by atoms with Crippen LogP contribution in [0.1, 0.15) is 6.92 Å². The summed E-state index contributed by atoms with van der Waals surface area (Å²) >= 11 is 0. The van der Waals surface area contributed by atoms with Crippen molar-refractivity contribution in [3.05, 3.63) is 0 Å². The van der Waals surface area contributed by atoms with Crippen LogP contribution in [-0.4, -0.2) is 38.0 Å². The smallest absolute Gasteiger partial charge is 0.101 e. The Hall–Kier alpha value is -0.120. The molecule has 0 spiro atoms. The number of morpholine rings is 1. The summed E-state index contributed by atoms with van der Waals surface area (Å²) in [5.74, 6) is 0. The first-order chi connectivity index (χ1) is 4.88. The zero-order valence-corrected chi connectivity index (χ0v) is 6.17. The lowest BCUT2D eigenvalue weighted by Gasteiger charge is -2.21. The summed E-state index contributed by atoms with van der Waals surface area (Å²) in [6, 6.07) is 0.448. The highest BCUT2D eigenvalue weighted by Crippen LogP contribution is 2.25. The molecule has 3 nitrogen and oxygen atoms in total. The van der Waals surface area contributed by atoms with Gasteiger partial charge in [-0.2, -0.15) is 0 Å². The average Bonchev–Trinajstić information content (AvgIpc) is 2.69. The van der Waals surface area contributed by atoms with Crippen molar-refractivity contribution in [1.29, 1.82) is 0 Å². The molecule has 0 bridgehead atoms.